The molecule has 1 aromatic carbocycles. The van der Waals surface area contributed by atoms with E-state index in [1.54, 1.807) is 6.92 Å². The summed E-state index contributed by atoms with van der Waals surface area (Å²) in [6.45, 7) is 1.88. The molecule has 6 nitrogen and oxygen atoms in total. The highest BCUT2D eigenvalue weighted by Crippen LogP contribution is 2.44. The number of thiophene rings is 1. The quantitative estimate of drug-likeness (QED) is 0.731. The highest BCUT2D eigenvalue weighted by atomic mass is 32.1. The summed E-state index contributed by atoms with van der Waals surface area (Å²) >= 11 is 1.44. The van der Waals surface area contributed by atoms with Gasteiger partial charge >= 0.3 is 11.7 Å². The van der Waals surface area contributed by atoms with Crippen LogP contribution in [0.15, 0.2) is 44.9 Å². The summed E-state index contributed by atoms with van der Waals surface area (Å²) in [7, 11) is 0. The Hall–Kier alpha value is -2.67. The molecule has 1 N–H and O–H groups in total. The number of ether oxygens (including phenoxy) is 1. The molecular formula is C19H18N2O4S. The summed E-state index contributed by atoms with van der Waals surface area (Å²) in [5, 5.41) is 5.22. The molecule has 0 saturated heterocycles. The Labute approximate surface area is 153 Å². The van der Waals surface area contributed by atoms with Crippen molar-refractivity contribution in [2.45, 2.75) is 38.3 Å². The van der Waals surface area contributed by atoms with Crippen molar-refractivity contribution >= 4 is 27.6 Å². The summed E-state index contributed by atoms with van der Waals surface area (Å²) in [6, 6.07) is 8.84. The van der Waals surface area contributed by atoms with Crippen molar-refractivity contribution < 1.29 is 13.9 Å². The van der Waals surface area contributed by atoms with E-state index in [0.717, 1.165) is 24.0 Å². The van der Waals surface area contributed by atoms with Gasteiger partial charge in [-0.15, -0.1) is 11.3 Å². The van der Waals surface area contributed by atoms with Crippen molar-refractivity contribution in [1.29, 1.82) is 0 Å². The van der Waals surface area contributed by atoms with Crippen LogP contribution >= 0.6 is 11.3 Å². The van der Waals surface area contributed by atoms with E-state index in [2.05, 4.69) is 10.3 Å². The minimum Gasteiger partial charge on any atom is -0.445 e. The van der Waals surface area contributed by atoms with Gasteiger partial charge in [-0.1, -0.05) is 30.3 Å². The smallest absolute Gasteiger partial charge is 0.408 e. The predicted octanol–water partition coefficient (Wildman–Crippen LogP) is 4.11. The molecule has 1 amide bonds. The molecule has 134 valence electrons. The topological polar surface area (TPSA) is 81.4 Å². The largest absolute Gasteiger partial charge is 0.445 e. The Kier molecular flexibility index (Phi) is 4.46. The first-order chi connectivity index (χ1) is 12.6. The standard InChI is InChI=1S/C19H18N2O4S/c1-11(20-19(23)24-9-12-5-3-2-4-6-12)16-21-17-15(18(22)25-16)14(10-26-17)13-7-8-13/h2-6,10-11,13H,7-9H2,1H3,(H,20,23)/t11-/m0/s1. The normalized spacial score (nSPS) is 15.0. The fourth-order valence-electron chi connectivity index (χ4n) is 2.80. The molecule has 1 aliphatic rings. The lowest BCUT2D eigenvalue weighted by atomic mass is 10.1. The number of hydrogen-bond donors (Lipinski definition) is 1. The monoisotopic (exact) mass is 370 g/mol. The lowest BCUT2D eigenvalue weighted by Crippen LogP contribution is -2.28. The first kappa shape index (κ1) is 16.8. The number of carbonyl (C=O) groups excluding carboxylic acids is 1. The van der Waals surface area contributed by atoms with Gasteiger partial charge in [0.2, 0.25) is 5.89 Å². The zero-order valence-corrected chi connectivity index (χ0v) is 15.0. The summed E-state index contributed by atoms with van der Waals surface area (Å²) in [5.74, 6) is 0.645. The Balaban J connectivity index is 1.45. The van der Waals surface area contributed by atoms with Gasteiger partial charge < -0.3 is 14.5 Å². The van der Waals surface area contributed by atoms with Crippen molar-refractivity contribution in [1.82, 2.24) is 10.3 Å². The van der Waals surface area contributed by atoms with Crippen LogP contribution in [0.5, 0.6) is 0 Å². The van der Waals surface area contributed by atoms with Crippen LogP contribution in [-0.4, -0.2) is 11.1 Å². The first-order valence-electron chi connectivity index (χ1n) is 8.51. The van der Waals surface area contributed by atoms with Crippen LogP contribution in [0.1, 0.15) is 48.7 Å². The van der Waals surface area contributed by atoms with Gasteiger partial charge in [0.1, 0.15) is 22.9 Å². The van der Waals surface area contributed by atoms with Crippen LogP contribution in [-0.2, 0) is 11.3 Å². The minimum absolute atomic E-state index is 0.172. The lowest BCUT2D eigenvalue weighted by molar-refractivity contribution is 0.134. The van der Waals surface area contributed by atoms with Gasteiger partial charge in [0.15, 0.2) is 0 Å². The van der Waals surface area contributed by atoms with Gasteiger partial charge in [-0.25, -0.2) is 14.6 Å². The van der Waals surface area contributed by atoms with Crippen LogP contribution in [0, 0.1) is 0 Å². The Bertz CT molecular complexity index is 992. The van der Waals surface area contributed by atoms with Gasteiger partial charge in [-0.05, 0) is 42.2 Å². The van der Waals surface area contributed by atoms with E-state index in [4.69, 9.17) is 9.15 Å². The molecule has 0 spiro atoms. The van der Waals surface area contributed by atoms with Crippen molar-refractivity contribution in [3.63, 3.8) is 0 Å². The van der Waals surface area contributed by atoms with Crippen LogP contribution in [0.4, 0.5) is 4.79 Å². The molecule has 1 atom stereocenters. The van der Waals surface area contributed by atoms with Gasteiger partial charge in [0, 0.05) is 0 Å². The van der Waals surface area contributed by atoms with E-state index in [-0.39, 0.29) is 18.1 Å². The molecule has 1 aliphatic carbocycles. The number of amides is 1. The van der Waals surface area contributed by atoms with Crippen molar-refractivity contribution in [2.75, 3.05) is 0 Å². The number of rotatable bonds is 5. The molecule has 0 aliphatic heterocycles. The molecule has 0 unspecified atom stereocenters. The van der Waals surface area contributed by atoms with E-state index in [0.29, 0.717) is 16.1 Å². The molecule has 0 radical (unpaired) electrons. The second-order valence-electron chi connectivity index (χ2n) is 6.41. The highest BCUT2D eigenvalue weighted by molar-refractivity contribution is 7.16. The van der Waals surface area contributed by atoms with Gasteiger partial charge in [0.05, 0.1) is 0 Å². The number of carbonyl (C=O) groups is 1. The van der Waals surface area contributed by atoms with E-state index < -0.39 is 12.1 Å². The number of hydrogen-bond acceptors (Lipinski definition) is 6. The molecule has 1 saturated carbocycles. The lowest BCUT2D eigenvalue weighted by Gasteiger charge is -2.12. The SMILES string of the molecule is C[C@H](NC(=O)OCc1ccccc1)c1nc2scc(C3CC3)c2c(=O)o1. The van der Waals surface area contributed by atoms with Gasteiger partial charge in [0.25, 0.3) is 0 Å². The summed E-state index contributed by atoms with van der Waals surface area (Å²) in [5.41, 5.74) is 1.55. The van der Waals surface area contributed by atoms with E-state index >= 15 is 0 Å². The van der Waals surface area contributed by atoms with Crippen LogP contribution in [0.25, 0.3) is 10.2 Å². The molecule has 2 heterocycles. The Morgan fingerprint density at radius 2 is 2.15 bits per heavy atom. The summed E-state index contributed by atoms with van der Waals surface area (Å²) in [6.07, 6.45) is 1.63. The molecule has 2 aromatic heterocycles. The number of alkyl carbamates (subject to hydrolysis) is 1. The van der Waals surface area contributed by atoms with Crippen molar-refractivity contribution in [2.24, 2.45) is 0 Å². The third-order valence-corrected chi connectivity index (χ3v) is 5.24. The van der Waals surface area contributed by atoms with E-state index in [1.807, 2.05) is 35.7 Å². The van der Waals surface area contributed by atoms with Gasteiger partial charge in [-0.2, -0.15) is 0 Å². The first-order valence-corrected chi connectivity index (χ1v) is 9.39. The fraction of sp³-hybridized carbons (Fsp3) is 0.316. The number of nitrogens with one attached hydrogen (secondary N) is 1. The molecule has 4 rings (SSSR count). The zero-order chi connectivity index (χ0) is 18.1. The highest BCUT2D eigenvalue weighted by Gasteiger charge is 2.29. The fourth-order valence-corrected chi connectivity index (χ4v) is 3.81. The van der Waals surface area contributed by atoms with Crippen molar-refractivity contribution in [3.8, 4) is 0 Å². The second-order valence-corrected chi connectivity index (χ2v) is 7.27. The third kappa shape index (κ3) is 3.48. The molecule has 3 aromatic rings. The predicted molar refractivity (Wildman–Crippen MR) is 98.3 cm³/mol. The molecule has 1 fully saturated rings. The maximum Gasteiger partial charge on any atom is 0.408 e. The van der Waals surface area contributed by atoms with Crippen LogP contribution in [0.2, 0.25) is 0 Å². The molecular weight excluding hydrogens is 352 g/mol. The summed E-state index contributed by atoms with van der Waals surface area (Å²) in [4.78, 5) is 29.4. The number of benzene rings is 1. The average Bonchev–Trinajstić information content (AvgIpc) is 3.40. The number of aromatic nitrogens is 1. The maximum absolute atomic E-state index is 12.4. The molecule has 0 bridgehead atoms. The second kappa shape index (κ2) is 6.92. The van der Waals surface area contributed by atoms with Crippen LogP contribution < -0.4 is 10.9 Å². The molecule has 7 heteroatoms. The van der Waals surface area contributed by atoms with Crippen molar-refractivity contribution in [3.05, 3.63) is 63.1 Å². The Morgan fingerprint density at radius 1 is 1.38 bits per heavy atom. The number of fused-ring (bicyclic) bond motifs is 1. The third-order valence-electron chi connectivity index (χ3n) is 4.35. The maximum atomic E-state index is 12.4. The average molecular weight is 370 g/mol. The van der Waals surface area contributed by atoms with E-state index in [9.17, 15) is 9.59 Å². The van der Waals surface area contributed by atoms with Gasteiger partial charge in [-0.3, -0.25) is 0 Å². The van der Waals surface area contributed by atoms with E-state index in [1.165, 1.54) is 11.3 Å². The van der Waals surface area contributed by atoms with Crippen LogP contribution in [0.3, 0.4) is 0 Å². The molecule has 26 heavy (non-hydrogen) atoms. The zero-order valence-electron chi connectivity index (χ0n) is 14.2. The Morgan fingerprint density at radius 3 is 2.88 bits per heavy atom. The minimum atomic E-state index is -0.587. The number of nitrogens with zero attached hydrogens (tertiary/aromatic N) is 1. The summed E-state index contributed by atoms with van der Waals surface area (Å²) < 4.78 is 10.5.